The summed E-state index contributed by atoms with van der Waals surface area (Å²) < 4.78 is 0. The number of ketones is 1. The summed E-state index contributed by atoms with van der Waals surface area (Å²) >= 11 is 0. The quantitative estimate of drug-likeness (QED) is 0.531. The normalized spacial score (nSPS) is 15.0. The minimum atomic E-state index is -0.318. The zero-order valence-corrected chi connectivity index (χ0v) is 19.8. The van der Waals surface area contributed by atoms with Gasteiger partial charge in [-0.05, 0) is 73.9 Å². The van der Waals surface area contributed by atoms with Gasteiger partial charge in [0.05, 0.1) is 5.69 Å². The lowest BCUT2D eigenvalue weighted by Crippen LogP contribution is -2.41. The van der Waals surface area contributed by atoms with Crippen LogP contribution < -0.4 is 0 Å². The van der Waals surface area contributed by atoms with Crippen molar-refractivity contribution in [3.05, 3.63) is 52.8 Å². The van der Waals surface area contributed by atoms with E-state index in [1.165, 1.54) is 27.8 Å². The fourth-order valence-electron chi connectivity index (χ4n) is 5.03. The summed E-state index contributed by atoms with van der Waals surface area (Å²) in [5.41, 5.74) is 8.23. The number of hydrogen-bond acceptors (Lipinski definition) is 3. The number of aromatic nitrogens is 2. The molecule has 3 aromatic rings. The van der Waals surface area contributed by atoms with E-state index in [0.29, 0.717) is 24.9 Å². The Morgan fingerprint density at radius 2 is 1.75 bits per heavy atom. The molecule has 1 aliphatic heterocycles. The summed E-state index contributed by atoms with van der Waals surface area (Å²) in [4.78, 5) is 33.9. The van der Waals surface area contributed by atoms with Crippen molar-refractivity contribution in [3.8, 4) is 11.3 Å². The van der Waals surface area contributed by atoms with Crippen LogP contribution in [0.5, 0.6) is 0 Å². The highest BCUT2D eigenvalue weighted by Crippen LogP contribution is 2.38. The molecule has 5 heteroatoms. The molecule has 168 valence electrons. The average Bonchev–Trinajstić information content (AvgIpc) is 3.16. The van der Waals surface area contributed by atoms with Crippen LogP contribution in [0.1, 0.15) is 74.4 Å². The van der Waals surface area contributed by atoms with Crippen molar-refractivity contribution in [1.82, 2.24) is 14.9 Å². The molecule has 0 spiro atoms. The number of amides is 1. The number of aromatic amines is 1. The Morgan fingerprint density at radius 3 is 2.34 bits per heavy atom. The Kier molecular flexibility index (Phi) is 6.18. The molecule has 4 rings (SSSR count). The summed E-state index contributed by atoms with van der Waals surface area (Å²) in [7, 11) is 0. The smallest absolute Gasteiger partial charge is 0.289 e. The predicted octanol–water partition coefficient (Wildman–Crippen LogP) is 5.66. The van der Waals surface area contributed by atoms with Gasteiger partial charge in [0.25, 0.3) is 5.91 Å². The molecule has 1 aliphatic rings. The minimum Gasteiger partial charge on any atom is -0.354 e. The molecule has 0 unspecified atom stereocenters. The number of piperidine rings is 1. The Hall–Kier alpha value is -2.95. The van der Waals surface area contributed by atoms with E-state index >= 15 is 0 Å². The van der Waals surface area contributed by atoms with Gasteiger partial charge in [-0.15, -0.1) is 0 Å². The van der Waals surface area contributed by atoms with Crippen molar-refractivity contribution < 1.29 is 9.59 Å². The van der Waals surface area contributed by atoms with Gasteiger partial charge < -0.3 is 9.88 Å². The van der Waals surface area contributed by atoms with Crippen LogP contribution in [0.3, 0.4) is 0 Å². The number of hydrogen-bond donors (Lipinski definition) is 1. The van der Waals surface area contributed by atoms with Crippen LogP contribution in [0, 0.1) is 13.8 Å². The first-order chi connectivity index (χ1) is 15.3. The SMILES string of the molecule is CCC(=O)C(=O)N1CCC(c2ccc3[nH]c(-c4cc(C)nc(C)c4)c(C(C)C)c3c2)CC1. The van der Waals surface area contributed by atoms with Crippen molar-refractivity contribution in [1.29, 1.82) is 0 Å². The van der Waals surface area contributed by atoms with E-state index in [1.807, 2.05) is 13.8 Å². The highest BCUT2D eigenvalue weighted by Gasteiger charge is 2.27. The van der Waals surface area contributed by atoms with Crippen LogP contribution in [0.4, 0.5) is 0 Å². The second kappa shape index (κ2) is 8.89. The summed E-state index contributed by atoms with van der Waals surface area (Å²) in [5, 5.41) is 1.28. The number of Topliss-reactive ketones (excluding diaryl/α,β-unsaturated/α-hetero) is 1. The van der Waals surface area contributed by atoms with Crippen LogP contribution in [0.2, 0.25) is 0 Å². The number of carbonyl (C=O) groups excluding carboxylic acids is 2. The maximum Gasteiger partial charge on any atom is 0.289 e. The molecule has 0 aliphatic carbocycles. The van der Waals surface area contributed by atoms with E-state index in [1.54, 1.807) is 11.8 Å². The lowest BCUT2D eigenvalue weighted by atomic mass is 9.87. The van der Waals surface area contributed by atoms with Crippen molar-refractivity contribution in [3.63, 3.8) is 0 Å². The molecule has 32 heavy (non-hydrogen) atoms. The zero-order chi connectivity index (χ0) is 23.0. The molecular formula is C27H33N3O2. The van der Waals surface area contributed by atoms with Gasteiger partial charge in [-0.2, -0.15) is 0 Å². The maximum atomic E-state index is 12.2. The highest BCUT2D eigenvalue weighted by molar-refractivity contribution is 6.35. The van der Waals surface area contributed by atoms with Crippen LogP contribution >= 0.6 is 0 Å². The molecule has 0 saturated carbocycles. The van der Waals surface area contributed by atoms with E-state index in [-0.39, 0.29) is 18.1 Å². The summed E-state index contributed by atoms with van der Waals surface area (Å²) in [5.74, 6) is 0.181. The van der Waals surface area contributed by atoms with Gasteiger partial charge in [0.1, 0.15) is 0 Å². The fourth-order valence-corrected chi connectivity index (χ4v) is 5.03. The van der Waals surface area contributed by atoms with Crippen LogP contribution in [0.25, 0.3) is 22.2 Å². The third-order valence-electron chi connectivity index (χ3n) is 6.62. The number of nitrogens with zero attached hydrogens (tertiary/aromatic N) is 2. The Bertz CT molecular complexity index is 1150. The molecule has 1 amide bonds. The zero-order valence-electron chi connectivity index (χ0n) is 19.8. The molecule has 0 atom stereocenters. The third kappa shape index (κ3) is 4.21. The molecule has 1 aromatic carbocycles. The first-order valence-corrected chi connectivity index (χ1v) is 11.7. The number of fused-ring (bicyclic) bond motifs is 1. The van der Waals surface area contributed by atoms with Gasteiger partial charge in [-0.25, -0.2) is 0 Å². The maximum absolute atomic E-state index is 12.2. The molecular weight excluding hydrogens is 398 g/mol. The van der Waals surface area contributed by atoms with Gasteiger partial charge in [-0.3, -0.25) is 14.6 Å². The first-order valence-electron chi connectivity index (χ1n) is 11.7. The number of likely N-dealkylation sites (tertiary alicyclic amines) is 1. The minimum absolute atomic E-state index is 0.278. The number of benzene rings is 1. The summed E-state index contributed by atoms with van der Waals surface area (Å²) in [6.45, 7) is 11.6. The van der Waals surface area contributed by atoms with Crippen LogP contribution in [-0.4, -0.2) is 39.6 Å². The molecule has 2 aromatic heterocycles. The van der Waals surface area contributed by atoms with Crippen molar-refractivity contribution in [2.24, 2.45) is 0 Å². The molecule has 0 radical (unpaired) electrons. The second-order valence-electron chi connectivity index (χ2n) is 9.36. The number of nitrogens with one attached hydrogen (secondary N) is 1. The largest absolute Gasteiger partial charge is 0.354 e. The van der Waals surface area contributed by atoms with Gasteiger partial charge >= 0.3 is 0 Å². The van der Waals surface area contributed by atoms with E-state index in [2.05, 4.69) is 54.1 Å². The molecule has 1 N–H and O–H groups in total. The van der Waals surface area contributed by atoms with Gasteiger partial charge in [0.15, 0.2) is 0 Å². The molecule has 3 heterocycles. The van der Waals surface area contributed by atoms with E-state index in [9.17, 15) is 9.59 Å². The van der Waals surface area contributed by atoms with Gasteiger partial charge in [0.2, 0.25) is 5.78 Å². The van der Waals surface area contributed by atoms with E-state index in [4.69, 9.17) is 0 Å². The average molecular weight is 432 g/mol. The fraction of sp³-hybridized carbons (Fsp3) is 0.444. The predicted molar refractivity (Wildman–Crippen MR) is 129 cm³/mol. The summed E-state index contributed by atoms with van der Waals surface area (Å²) in [6, 6.07) is 11.0. The number of carbonyl (C=O) groups is 2. The van der Waals surface area contributed by atoms with Crippen molar-refractivity contribution in [2.45, 2.75) is 65.7 Å². The van der Waals surface area contributed by atoms with Crippen molar-refractivity contribution in [2.75, 3.05) is 13.1 Å². The van der Waals surface area contributed by atoms with Crippen molar-refractivity contribution >= 4 is 22.6 Å². The van der Waals surface area contributed by atoms with E-state index in [0.717, 1.165) is 29.7 Å². The number of pyridine rings is 1. The lowest BCUT2D eigenvalue weighted by Gasteiger charge is -2.31. The molecule has 1 saturated heterocycles. The van der Waals surface area contributed by atoms with E-state index < -0.39 is 0 Å². The molecule has 1 fully saturated rings. The van der Waals surface area contributed by atoms with Crippen LogP contribution in [-0.2, 0) is 9.59 Å². The summed E-state index contributed by atoms with van der Waals surface area (Å²) in [6.07, 6.45) is 2.07. The Labute approximate surface area is 190 Å². The monoisotopic (exact) mass is 431 g/mol. The number of aryl methyl sites for hydroxylation is 2. The van der Waals surface area contributed by atoms with Gasteiger partial charge in [-0.1, -0.05) is 26.8 Å². The number of H-pyrrole nitrogens is 1. The molecule has 0 bridgehead atoms. The topological polar surface area (TPSA) is 66.1 Å². The second-order valence-corrected chi connectivity index (χ2v) is 9.36. The first kappa shape index (κ1) is 22.3. The standard InChI is InChI=1S/C27H33N3O2/c1-6-24(31)27(32)30-11-9-19(10-12-30)20-7-8-23-22(15-20)25(16(2)3)26(29-23)21-13-17(4)28-18(5)14-21/h7-8,13-16,19,29H,6,9-12H2,1-5H3. The number of rotatable bonds is 5. The lowest BCUT2D eigenvalue weighted by molar-refractivity contribution is -0.145. The van der Waals surface area contributed by atoms with Crippen LogP contribution in [0.15, 0.2) is 30.3 Å². The highest BCUT2D eigenvalue weighted by atomic mass is 16.2. The van der Waals surface area contributed by atoms with Gasteiger partial charge in [0, 0.05) is 47.4 Å². The third-order valence-corrected chi connectivity index (χ3v) is 6.62. The Balaban J connectivity index is 1.65. The molecule has 5 nitrogen and oxygen atoms in total. The Morgan fingerprint density at radius 1 is 1.09 bits per heavy atom.